The van der Waals surface area contributed by atoms with Gasteiger partial charge in [-0.05, 0) is 51.5 Å². The van der Waals surface area contributed by atoms with Crippen molar-refractivity contribution in [3.8, 4) is 17.2 Å². The summed E-state index contributed by atoms with van der Waals surface area (Å²) < 4.78 is 21.3. The molecule has 1 spiro atoms. The van der Waals surface area contributed by atoms with E-state index < -0.39 is 72.0 Å². The van der Waals surface area contributed by atoms with E-state index in [0.29, 0.717) is 44.5 Å². The highest BCUT2D eigenvalue weighted by atomic mass is 16.7. The highest BCUT2D eigenvalue weighted by Crippen LogP contribution is 2.50. The summed E-state index contributed by atoms with van der Waals surface area (Å²) in [5.74, 6) is -5.79. The molecule has 0 radical (unpaired) electrons. The van der Waals surface area contributed by atoms with Crippen molar-refractivity contribution in [3.63, 3.8) is 0 Å². The maximum atomic E-state index is 13.5. The zero-order valence-electron chi connectivity index (χ0n) is 40.9. The minimum atomic E-state index is -0.650. The third-order valence-corrected chi connectivity index (χ3v) is 14.8. The van der Waals surface area contributed by atoms with Crippen molar-refractivity contribution in [2.75, 3.05) is 79.8 Å². The monoisotopic (exact) mass is 1020 g/mol. The van der Waals surface area contributed by atoms with E-state index in [1.807, 2.05) is 6.92 Å². The van der Waals surface area contributed by atoms with Crippen LogP contribution >= 0.6 is 0 Å². The lowest BCUT2D eigenvalue weighted by molar-refractivity contribution is -0.190. The molecule has 2 aromatic rings. The summed E-state index contributed by atoms with van der Waals surface area (Å²) >= 11 is 0. The topological polar surface area (TPSA) is 309 Å². The lowest BCUT2D eigenvalue weighted by atomic mass is 9.60. The molecule has 392 valence electrons. The minimum absolute atomic E-state index is 0.0234. The third-order valence-electron chi connectivity index (χ3n) is 14.8. The van der Waals surface area contributed by atoms with Crippen LogP contribution in [0, 0.1) is 11.3 Å². The van der Waals surface area contributed by atoms with Crippen molar-refractivity contribution < 1.29 is 77.4 Å². The van der Waals surface area contributed by atoms with Gasteiger partial charge in [-0.25, -0.2) is 0 Å². The summed E-state index contributed by atoms with van der Waals surface area (Å²) in [4.78, 5) is 117. The number of ketones is 2. The van der Waals surface area contributed by atoms with Crippen molar-refractivity contribution in [1.29, 1.82) is 0 Å². The molecule has 7 amide bonds. The number of aliphatic hydroxyl groups excluding tert-OH is 1. The molecule has 4 aliphatic heterocycles. The van der Waals surface area contributed by atoms with Gasteiger partial charge in [0.2, 0.25) is 35.3 Å². The highest BCUT2D eigenvalue weighted by Gasteiger charge is 2.54. The molecule has 5 atom stereocenters. The van der Waals surface area contributed by atoms with Gasteiger partial charge in [-0.3, -0.25) is 53.0 Å². The number of hydrogen-bond acceptors (Lipinski definition) is 17. The number of imide groups is 1. The number of ether oxygens (including phenoxy) is 4. The van der Waals surface area contributed by atoms with Crippen LogP contribution in [0.5, 0.6) is 17.2 Å². The minimum Gasteiger partial charge on any atom is -0.507 e. The summed E-state index contributed by atoms with van der Waals surface area (Å²) in [6, 6.07) is 4.60. The first-order valence-corrected chi connectivity index (χ1v) is 24.4. The Balaban J connectivity index is 0.000000377. The fourth-order valence-corrected chi connectivity index (χ4v) is 10.8. The predicted molar refractivity (Wildman–Crippen MR) is 253 cm³/mol. The van der Waals surface area contributed by atoms with Crippen molar-refractivity contribution in [1.82, 2.24) is 36.0 Å². The standard InChI is InChI=1S/C39H40N6O12.C11H21NO4/c1-57-24-4-2-3-22-31(24)37(55)33-32(35(22)53)36(54)23-11-19(5-6-21(23)34(33)52)38(56)43-20-12-39(13-20)17-44(18-39)30(51)16-42-27(48)15-41-26(47)14-40-25(46)9-10-45-28(49)7-8-29(45)50;1-8-11(13)9(3-5-15-8)12-4-6-16-10(7-12)14-2/h2-4,7-8,19-20,52,54H,5-6,9-18H2,1H3,(H,40,46)(H,41,47)(H,42,48)(H,43,56);8-11,13H,3-7H2,1-2H3/t19-;8-,9?,10-,11+/m00/s1. The van der Waals surface area contributed by atoms with Gasteiger partial charge in [-0.15, -0.1) is 0 Å². The number of nitrogens with zero attached hydrogens (tertiary/aromatic N) is 3. The second-order valence-electron chi connectivity index (χ2n) is 19.4. The van der Waals surface area contributed by atoms with Gasteiger partial charge in [0.05, 0.1) is 62.2 Å². The zero-order valence-corrected chi connectivity index (χ0v) is 40.9. The number of carbonyl (C=O) groups excluding carboxylic acids is 9. The number of nitrogens with one attached hydrogen (secondary N) is 4. The largest absolute Gasteiger partial charge is 0.507 e. The lowest BCUT2D eigenvalue weighted by Gasteiger charge is -2.59. The van der Waals surface area contributed by atoms with Gasteiger partial charge < -0.3 is 60.4 Å². The van der Waals surface area contributed by atoms with E-state index >= 15 is 0 Å². The fourth-order valence-electron chi connectivity index (χ4n) is 10.8. The van der Waals surface area contributed by atoms with Crippen LogP contribution in [0.4, 0.5) is 0 Å². The average molecular weight is 1020 g/mol. The molecule has 3 saturated heterocycles. The summed E-state index contributed by atoms with van der Waals surface area (Å²) in [7, 11) is 3.02. The maximum absolute atomic E-state index is 13.5. The van der Waals surface area contributed by atoms with Gasteiger partial charge in [0.1, 0.15) is 17.2 Å². The smallest absolute Gasteiger partial charge is 0.253 e. The van der Waals surface area contributed by atoms with Crippen LogP contribution in [0.15, 0.2) is 30.4 Å². The van der Waals surface area contributed by atoms with Crippen LogP contribution in [-0.4, -0.2) is 193 Å². The first kappa shape index (κ1) is 52.5. The first-order valence-electron chi connectivity index (χ1n) is 24.4. The molecule has 1 saturated carbocycles. The molecule has 7 N–H and O–H groups in total. The van der Waals surface area contributed by atoms with E-state index in [9.17, 15) is 58.5 Å². The molecule has 9 rings (SSSR count). The third kappa shape index (κ3) is 11.1. The molecule has 1 unspecified atom stereocenters. The van der Waals surface area contributed by atoms with Crippen molar-refractivity contribution in [3.05, 3.63) is 63.7 Å². The predicted octanol–water partition coefficient (Wildman–Crippen LogP) is -1.41. The summed E-state index contributed by atoms with van der Waals surface area (Å²) in [6.07, 6.45) is 4.14. The number of aliphatic hydroxyl groups is 1. The molecule has 0 aromatic heterocycles. The molecule has 23 nitrogen and oxygen atoms in total. The number of fused-ring (bicyclic) bond motifs is 3. The quantitative estimate of drug-likeness (QED) is 0.0721. The number of phenols is 2. The Kier molecular flexibility index (Phi) is 15.9. The van der Waals surface area contributed by atoms with Gasteiger partial charge in [0.25, 0.3) is 11.8 Å². The number of aromatic hydroxyl groups is 2. The number of methoxy groups -OCH3 is 2. The summed E-state index contributed by atoms with van der Waals surface area (Å²) in [5.41, 5.74) is -0.0150. The number of benzene rings is 2. The Labute approximate surface area is 419 Å². The van der Waals surface area contributed by atoms with E-state index in [4.69, 9.17) is 18.9 Å². The molecule has 23 heteroatoms. The Bertz CT molecular complexity index is 2590. The number of likely N-dealkylation sites (tertiary alicyclic amines) is 1. The van der Waals surface area contributed by atoms with E-state index in [2.05, 4.69) is 26.2 Å². The molecular formula is C50H61N7O16. The molecular weight excluding hydrogens is 955 g/mol. The van der Waals surface area contributed by atoms with Crippen LogP contribution < -0.4 is 26.0 Å². The Morgan fingerprint density at radius 2 is 1.47 bits per heavy atom. The average Bonchev–Trinajstić information content (AvgIpc) is 3.69. The first-order chi connectivity index (χ1) is 34.9. The number of amides is 7. The molecule has 0 bridgehead atoms. The molecule has 3 aliphatic carbocycles. The number of carbonyl (C=O) groups is 9. The SMILES string of the molecule is CO[C@@H]1CN(C2CCO[C@@H](C)[C@H]2O)CCO1.COc1cccc2c1C(=O)c1c(O)c3c(c(O)c1C2=O)C[C@@H](C(=O)NC1CC2(C1)CN(C(=O)CNC(=O)CNC(=O)CNC(=O)CCN1C(=O)C=CC1=O)C2)CC3. The van der Waals surface area contributed by atoms with Gasteiger partial charge in [-0.2, -0.15) is 0 Å². The van der Waals surface area contributed by atoms with Crippen LogP contribution in [0.2, 0.25) is 0 Å². The summed E-state index contributed by atoms with van der Waals surface area (Å²) in [6.45, 7) is 4.54. The second kappa shape index (κ2) is 22.1. The van der Waals surface area contributed by atoms with Crippen LogP contribution in [0.3, 0.4) is 0 Å². The van der Waals surface area contributed by atoms with Gasteiger partial charge in [-0.1, -0.05) is 12.1 Å². The molecule has 4 heterocycles. The Hall–Kier alpha value is -6.79. The van der Waals surface area contributed by atoms with Crippen LogP contribution in [0.25, 0.3) is 0 Å². The number of hydrogen-bond donors (Lipinski definition) is 7. The van der Waals surface area contributed by atoms with E-state index in [1.165, 1.54) is 13.2 Å². The van der Waals surface area contributed by atoms with Crippen molar-refractivity contribution in [2.24, 2.45) is 11.3 Å². The Morgan fingerprint density at radius 3 is 2.15 bits per heavy atom. The van der Waals surface area contributed by atoms with Gasteiger partial charge >= 0.3 is 0 Å². The molecule has 2 aromatic carbocycles. The molecule has 73 heavy (non-hydrogen) atoms. The van der Waals surface area contributed by atoms with Crippen molar-refractivity contribution >= 4 is 52.9 Å². The number of phenolic OH excluding ortho intramolecular Hbond substituents is 2. The van der Waals surface area contributed by atoms with Crippen LogP contribution in [0.1, 0.15) is 82.0 Å². The second-order valence-corrected chi connectivity index (χ2v) is 19.4. The van der Waals surface area contributed by atoms with E-state index in [-0.39, 0.29) is 113 Å². The van der Waals surface area contributed by atoms with E-state index in [1.54, 1.807) is 24.1 Å². The number of rotatable bonds is 14. The highest BCUT2D eigenvalue weighted by molar-refractivity contribution is 6.31. The molecule has 4 fully saturated rings. The molecule has 7 aliphatic rings. The van der Waals surface area contributed by atoms with Gasteiger partial charge in [0.15, 0.2) is 12.1 Å². The van der Waals surface area contributed by atoms with Crippen molar-refractivity contribution in [2.45, 2.75) is 82.5 Å². The Morgan fingerprint density at radius 1 is 0.808 bits per heavy atom. The van der Waals surface area contributed by atoms with Crippen LogP contribution in [-0.2, 0) is 60.6 Å². The van der Waals surface area contributed by atoms with E-state index in [0.717, 1.165) is 43.2 Å². The van der Waals surface area contributed by atoms with Gasteiger partial charge in [0, 0.05) is 105 Å². The summed E-state index contributed by atoms with van der Waals surface area (Å²) in [5, 5.41) is 42.8. The maximum Gasteiger partial charge on any atom is 0.253 e. The fraction of sp³-hybridized carbons (Fsp3) is 0.540. The number of morpholine rings is 1. The normalized spacial score (nSPS) is 24.0. The zero-order chi connectivity index (χ0) is 52.3. The lowest BCUT2D eigenvalue weighted by Crippen LogP contribution is -2.68.